The molecular formula is C12H18N4O. The maximum Gasteiger partial charge on any atom is 0.227 e. The Labute approximate surface area is 101 Å². The minimum Gasteiger partial charge on any atom is -0.350 e. The van der Waals surface area contributed by atoms with Crippen LogP contribution in [0.5, 0.6) is 0 Å². The number of hydrogen-bond donors (Lipinski definition) is 2. The summed E-state index contributed by atoms with van der Waals surface area (Å²) >= 11 is 0. The van der Waals surface area contributed by atoms with E-state index in [9.17, 15) is 4.79 Å². The third-order valence-corrected chi connectivity index (χ3v) is 3.49. The van der Waals surface area contributed by atoms with Crippen molar-refractivity contribution in [3.8, 4) is 0 Å². The van der Waals surface area contributed by atoms with Gasteiger partial charge in [0.05, 0.1) is 17.7 Å². The molecule has 5 nitrogen and oxygen atoms in total. The molecular weight excluding hydrogens is 216 g/mol. The van der Waals surface area contributed by atoms with Crippen LogP contribution < -0.4 is 11.1 Å². The second-order valence-corrected chi connectivity index (χ2v) is 4.59. The van der Waals surface area contributed by atoms with Crippen LogP contribution >= 0.6 is 0 Å². The zero-order chi connectivity index (χ0) is 12.1. The SMILES string of the molecule is NCC1(C(=O)NCc2cccnn2)CCCC1. The second-order valence-electron chi connectivity index (χ2n) is 4.59. The van der Waals surface area contributed by atoms with Crippen LogP contribution in [0.4, 0.5) is 0 Å². The first-order valence-electron chi connectivity index (χ1n) is 6.02. The van der Waals surface area contributed by atoms with Crippen molar-refractivity contribution in [2.24, 2.45) is 11.1 Å². The Morgan fingerprint density at radius 1 is 1.47 bits per heavy atom. The van der Waals surface area contributed by atoms with Crippen molar-refractivity contribution in [2.75, 3.05) is 6.54 Å². The lowest BCUT2D eigenvalue weighted by Crippen LogP contribution is -2.43. The number of amides is 1. The number of nitrogens with one attached hydrogen (secondary N) is 1. The maximum atomic E-state index is 12.1. The predicted molar refractivity (Wildman–Crippen MR) is 63.8 cm³/mol. The number of carbonyl (C=O) groups excluding carboxylic acids is 1. The van der Waals surface area contributed by atoms with Crippen LogP contribution in [0.15, 0.2) is 18.3 Å². The van der Waals surface area contributed by atoms with Gasteiger partial charge in [-0.1, -0.05) is 12.8 Å². The topological polar surface area (TPSA) is 80.9 Å². The summed E-state index contributed by atoms with van der Waals surface area (Å²) in [5.74, 6) is 0.0585. The van der Waals surface area contributed by atoms with Crippen molar-refractivity contribution in [3.63, 3.8) is 0 Å². The van der Waals surface area contributed by atoms with E-state index in [0.29, 0.717) is 13.1 Å². The number of nitrogens with zero attached hydrogens (tertiary/aromatic N) is 2. The molecule has 1 aliphatic carbocycles. The molecule has 0 radical (unpaired) electrons. The van der Waals surface area contributed by atoms with Crippen molar-refractivity contribution < 1.29 is 4.79 Å². The molecule has 0 aliphatic heterocycles. The summed E-state index contributed by atoms with van der Waals surface area (Å²) in [6.45, 7) is 0.855. The highest BCUT2D eigenvalue weighted by atomic mass is 16.2. The van der Waals surface area contributed by atoms with Gasteiger partial charge in [0.15, 0.2) is 0 Å². The monoisotopic (exact) mass is 234 g/mol. The number of carbonyl (C=O) groups is 1. The van der Waals surface area contributed by atoms with Crippen molar-refractivity contribution in [1.29, 1.82) is 0 Å². The van der Waals surface area contributed by atoms with E-state index in [4.69, 9.17) is 5.73 Å². The van der Waals surface area contributed by atoms with E-state index in [1.807, 2.05) is 12.1 Å². The van der Waals surface area contributed by atoms with Gasteiger partial charge in [-0.05, 0) is 25.0 Å². The van der Waals surface area contributed by atoms with Gasteiger partial charge in [-0.3, -0.25) is 4.79 Å². The molecule has 1 aromatic rings. The zero-order valence-corrected chi connectivity index (χ0v) is 9.85. The van der Waals surface area contributed by atoms with E-state index in [1.165, 1.54) is 0 Å². The average molecular weight is 234 g/mol. The first kappa shape index (κ1) is 12.0. The minimum absolute atomic E-state index is 0.0585. The minimum atomic E-state index is -0.345. The highest BCUT2D eigenvalue weighted by molar-refractivity contribution is 5.83. The van der Waals surface area contributed by atoms with Gasteiger partial charge in [-0.2, -0.15) is 10.2 Å². The molecule has 3 N–H and O–H groups in total. The Bertz CT molecular complexity index is 373. The molecule has 0 unspecified atom stereocenters. The van der Waals surface area contributed by atoms with Crippen LogP contribution in [0.3, 0.4) is 0 Å². The van der Waals surface area contributed by atoms with E-state index in [1.54, 1.807) is 6.20 Å². The summed E-state index contributed by atoms with van der Waals surface area (Å²) in [6, 6.07) is 3.65. The summed E-state index contributed by atoms with van der Waals surface area (Å²) in [5.41, 5.74) is 6.17. The van der Waals surface area contributed by atoms with Gasteiger partial charge < -0.3 is 11.1 Å². The van der Waals surface area contributed by atoms with E-state index in [-0.39, 0.29) is 11.3 Å². The summed E-state index contributed by atoms with van der Waals surface area (Å²) in [4.78, 5) is 12.1. The van der Waals surface area contributed by atoms with Gasteiger partial charge in [0.1, 0.15) is 0 Å². The molecule has 1 heterocycles. The molecule has 1 amide bonds. The molecule has 0 spiro atoms. The molecule has 0 atom stereocenters. The van der Waals surface area contributed by atoms with E-state index >= 15 is 0 Å². The Kier molecular flexibility index (Phi) is 3.68. The smallest absolute Gasteiger partial charge is 0.227 e. The number of nitrogens with two attached hydrogens (primary N) is 1. The molecule has 0 aromatic carbocycles. The van der Waals surface area contributed by atoms with E-state index in [2.05, 4.69) is 15.5 Å². The Hall–Kier alpha value is -1.49. The number of aromatic nitrogens is 2. The second kappa shape index (κ2) is 5.23. The quantitative estimate of drug-likeness (QED) is 0.800. The van der Waals surface area contributed by atoms with Crippen molar-refractivity contribution in [1.82, 2.24) is 15.5 Å². The lowest BCUT2D eigenvalue weighted by Gasteiger charge is -2.25. The average Bonchev–Trinajstić information content (AvgIpc) is 2.87. The summed E-state index contributed by atoms with van der Waals surface area (Å²) in [7, 11) is 0. The zero-order valence-electron chi connectivity index (χ0n) is 9.85. The predicted octanol–water partition coefficient (Wildman–Crippen LogP) is 0.612. The third-order valence-electron chi connectivity index (χ3n) is 3.49. The molecule has 0 bridgehead atoms. The Morgan fingerprint density at radius 3 is 2.82 bits per heavy atom. The first-order valence-corrected chi connectivity index (χ1v) is 6.02. The number of hydrogen-bond acceptors (Lipinski definition) is 4. The van der Waals surface area contributed by atoms with Gasteiger partial charge in [0.25, 0.3) is 0 Å². The summed E-state index contributed by atoms with van der Waals surface area (Å²) < 4.78 is 0. The largest absolute Gasteiger partial charge is 0.350 e. The molecule has 1 aliphatic rings. The third kappa shape index (κ3) is 2.61. The highest BCUT2D eigenvalue weighted by Crippen LogP contribution is 2.37. The molecule has 17 heavy (non-hydrogen) atoms. The van der Waals surface area contributed by atoms with Gasteiger partial charge >= 0.3 is 0 Å². The molecule has 1 saturated carbocycles. The molecule has 0 saturated heterocycles. The lowest BCUT2D eigenvalue weighted by molar-refractivity contribution is -0.130. The van der Waals surface area contributed by atoms with Crippen molar-refractivity contribution >= 4 is 5.91 Å². The van der Waals surface area contributed by atoms with Crippen LogP contribution in [0, 0.1) is 5.41 Å². The molecule has 1 fully saturated rings. The van der Waals surface area contributed by atoms with Crippen molar-refractivity contribution in [2.45, 2.75) is 32.2 Å². The lowest BCUT2D eigenvalue weighted by atomic mass is 9.85. The fourth-order valence-electron chi connectivity index (χ4n) is 2.36. The van der Waals surface area contributed by atoms with Crippen LogP contribution in [-0.2, 0) is 11.3 Å². The fourth-order valence-corrected chi connectivity index (χ4v) is 2.36. The fraction of sp³-hybridized carbons (Fsp3) is 0.583. The van der Waals surface area contributed by atoms with Gasteiger partial charge in [0, 0.05) is 12.7 Å². The number of rotatable bonds is 4. The van der Waals surface area contributed by atoms with Gasteiger partial charge in [0.2, 0.25) is 5.91 Å². The normalized spacial score (nSPS) is 17.9. The van der Waals surface area contributed by atoms with Crippen LogP contribution in [0.2, 0.25) is 0 Å². The molecule has 2 rings (SSSR count). The maximum absolute atomic E-state index is 12.1. The van der Waals surface area contributed by atoms with Crippen LogP contribution in [0.1, 0.15) is 31.4 Å². The first-order chi connectivity index (χ1) is 8.27. The molecule has 5 heteroatoms. The summed E-state index contributed by atoms with van der Waals surface area (Å²) in [5, 5.41) is 10.6. The summed E-state index contributed by atoms with van der Waals surface area (Å²) in [6.07, 6.45) is 5.60. The Balaban J connectivity index is 1.93. The highest BCUT2D eigenvalue weighted by Gasteiger charge is 2.39. The van der Waals surface area contributed by atoms with Gasteiger partial charge in [-0.15, -0.1) is 0 Å². The van der Waals surface area contributed by atoms with Gasteiger partial charge in [-0.25, -0.2) is 0 Å². The van der Waals surface area contributed by atoms with Crippen LogP contribution in [0.25, 0.3) is 0 Å². The van der Waals surface area contributed by atoms with Crippen LogP contribution in [-0.4, -0.2) is 22.6 Å². The van der Waals surface area contributed by atoms with Crippen molar-refractivity contribution in [3.05, 3.63) is 24.0 Å². The Morgan fingerprint density at radius 2 is 2.24 bits per heavy atom. The standard InChI is InChI=1S/C12H18N4O/c13-9-12(5-1-2-6-12)11(17)14-8-10-4-3-7-15-16-10/h3-4,7H,1-2,5-6,8-9,13H2,(H,14,17). The molecule has 92 valence electrons. The molecule has 1 aromatic heterocycles. The van der Waals surface area contributed by atoms with E-state index < -0.39 is 0 Å². The van der Waals surface area contributed by atoms with E-state index in [0.717, 1.165) is 31.4 Å².